The number of aryl methyl sites for hydroxylation is 2. The molecule has 0 radical (unpaired) electrons. The lowest BCUT2D eigenvalue weighted by molar-refractivity contribution is 0.474. The highest BCUT2D eigenvalue weighted by Crippen LogP contribution is 2.18. The Balaban J connectivity index is 2.08. The number of nitrogens with one attached hydrogen (secondary N) is 1. The highest BCUT2D eigenvalue weighted by molar-refractivity contribution is 7.13. The lowest BCUT2D eigenvalue weighted by Crippen LogP contribution is -1.92. The zero-order valence-corrected chi connectivity index (χ0v) is 11.2. The number of aromatic hydroxyl groups is 1. The molecule has 0 spiro atoms. The minimum absolute atomic E-state index is 0.230. The first-order chi connectivity index (χ1) is 8.69. The Labute approximate surface area is 110 Å². The van der Waals surface area contributed by atoms with Gasteiger partial charge >= 0.3 is 0 Å². The average Bonchev–Trinajstić information content (AvgIpc) is 2.77. The van der Waals surface area contributed by atoms with Crippen LogP contribution in [0.25, 0.3) is 0 Å². The van der Waals surface area contributed by atoms with Gasteiger partial charge < -0.3 is 5.11 Å². The number of phenolic OH excluding ortho intramolecular Hbond substituents is 1. The van der Waals surface area contributed by atoms with E-state index in [2.05, 4.69) is 22.4 Å². The van der Waals surface area contributed by atoms with Crippen molar-refractivity contribution < 1.29 is 5.11 Å². The third kappa shape index (κ3) is 3.07. The van der Waals surface area contributed by atoms with Crippen molar-refractivity contribution in [3.05, 3.63) is 40.4 Å². The van der Waals surface area contributed by atoms with Crippen molar-refractivity contribution >= 4 is 22.7 Å². The SMILES string of the molecule is CCc1ccc(O)c(C=NNc2nc(C)cs2)c1. The molecule has 5 heteroatoms. The van der Waals surface area contributed by atoms with Gasteiger partial charge in [0.15, 0.2) is 0 Å². The molecule has 0 fully saturated rings. The second kappa shape index (κ2) is 5.64. The number of anilines is 1. The maximum absolute atomic E-state index is 9.70. The molecule has 0 aliphatic heterocycles. The molecule has 0 aliphatic carbocycles. The van der Waals surface area contributed by atoms with Crippen LogP contribution >= 0.6 is 11.3 Å². The molecule has 2 aromatic rings. The second-order valence-corrected chi connectivity index (χ2v) is 4.77. The third-order valence-electron chi connectivity index (χ3n) is 2.48. The first kappa shape index (κ1) is 12.6. The average molecular weight is 261 g/mol. The van der Waals surface area contributed by atoms with E-state index < -0.39 is 0 Å². The summed E-state index contributed by atoms with van der Waals surface area (Å²) >= 11 is 1.50. The predicted molar refractivity (Wildman–Crippen MR) is 75.6 cm³/mol. The molecule has 1 heterocycles. The summed E-state index contributed by atoms with van der Waals surface area (Å²) in [6.07, 6.45) is 2.53. The van der Waals surface area contributed by atoms with E-state index >= 15 is 0 Å². The lowest BCUT2D eigenvalue weighted by Gasteiger charge is -2.01. The molecule has 0 amide bonds. The molecule has 1 aromatic carbocycles. The highest BCUT2D eigenvalue weighted by Gasteiger charge is 2.00. The number of nitrogens with zero attached hydrogens (tertiary/aromatic N) is 2. The molecular formula is C13H15N3OS. The molecule has 2 rings (SSSR count). The van der Waals surface area contributed by atoms with Crippen molar-refractivity contribution in [2.24, 2.45) is 5.10 Å². The number of phenols is 1. The Morgan fingerprint density at radius 1 is 1.50 bits per heavy atom. The van der Waals surface area contributed by atoms with Crippen molar-refractivity contribution in [3.63, 3.8) is 0 Å². The summed E-state index contributed by atoms with van der Waals surface area (Å²) in [5.41, 5.74) is 5.68. The van der Waals surface area contributed by atoms with E-state index in [0.29, 0.717) is 5.56 Å². The lowest BCUT2D eigenvalue weighted by atomic mass is 10.1. The molecule has 0 aliphatic rings. The normalized spacial score (nSPS) is 11.0. The molecule has 0 bridgehead atoms. The largest absolute Gasteiger partial charge is 0.507 e. The molecule has 1 aromatic heterocycles. The Morgan fingerprint density at radius 2 is 2.33 bits per heavy atom. The van der Waals surface area contributed by atoms with Crippen molar-refractivity contribution in [3.8, 4) is 5.75 Å². The van der Waals surface area contributed by atoms with Crippen LogP contribution in [0.1, 0.15) is 23.7 Å². The van der Waals surface area contributed by atoms with E-state index in [-0.39, 0.29) is 5.75 Å². The van der Waals surface area contributed by atoms with Gasteiger partial charge in [0.05, 0.1) is 11.9 Å². The van der Waals surface area contributed by atoms with Crippen LogP contribution in [0.5, 0.6) is 5.75 Å². The van der Waals surface area contributed by atoms with Crippen LogP contribution in [0, 0.1) is 6.92 Å². The summed E-state index contributed by atoms with van der Waals surface area (Å²) < 4.78 is 0. The number of hydrogen-bond donors (Lipinski definition) is 2. The van der Waals surface area contributed by atoms with Gasteiger partial charge in [-0.1, -0.05) is 13.0 Å². The van der Waals surface area contributed by atoms with Crippen LogP contribution in [0.4, 0.5) is 5.13 Å². The van der Waals surface area contributed by atoms with Crippen molar-refractivity contribution in [2.75, 3.05) is 5.43 Å². The molecule has 0 atom stereocenters. The molecule has 4 nitrogen and oxygen atoms in total. The van der Waals surface area contributed by atoms with Crippen LogP contribution in [0.3, 0.4) is 0 Å². The molecule has 94 valence electrons. The molecule has 0 unspecified atom stereocenters. The van der Waals surface area contributed by atoms with Crippen molar-refractivity contribution in [1.29, 1.82) is 0 Å². The van der Waals surface area contributed by atoms with Gasteiger partial charge in [0.25, 0.3) is 0 Å². The van der Waals surface area contributed by atoms with E-state index in [4.69, 9.17) is 0 Å². The van der Waals surface area contributed by atoms with Gasteiger partial charge in [-0.25, -0.2) is 4.98 Å². The maximum atomic E-state index is 9.70. The molecule has 18 heavy (non-hydrogen) atoms. The fraction of sp³-hybridized carbons (Fsp3) is 0.231. The minimum atomic E-state index is 0.230. The first-order valence-electron chi connectivity index (χ1n) is 5.72. The van der Waals surface area contributed by atoms with Crippen molar-refractivity contribution in [2.45, 2.75) is 20.3 Å². The van der Waals surface area contributed by atoms with Gasteiger partial charge in [0.1, 0.15) is 5.75 Å². The summed E-state index contributed by atoms with van der Waals surface area (Å²) in [6, 6.07) is 5.52. The molecular weight excluding hydrogens is 246 g/mol. The number of rotatable bonds is 4. The van der Waals surface area contributed by atoms with E-state index in [1.807, 2.05) is 24.4 Å². The van der Waals surface area contributed by atoms with Gasteiger partial charge in [0, 0.05) is 10.9 Å². The van der Waals surface area contributed by atoms with Crippen LogP contribution in [0.2, 0.25) is 0 Å². The highest BCUT2D eigenvalue weighted by atomic mass is 32.1. The summed E-state index contributed by atoms with van der Waals surface area (Å²) in [5, 5.41) is 16.5. The van der Waals surface area contributed by atoms with Gasteiger partial charge in [-0.3, -0.25) is 5.43 Å². The molecule has 2 N–H and O–H groups in total. The topological polar surface area (TPSA) is 57.5 Å². The van der Waals surface area contributed by atoms with E-state index in [1.165, 1.54) is 16.9 Å². The zero-order valence-electron chi connectivity index (χ0n) is 10.3. The summed E-state index contributed by atoms with van der Waals surface area (Å²) in [4.78, 5) is 4.23. The number of hydrogen-bond acceptors (Lipinski definition) is 5. The van der Waals surface area contributed by atoms with Crippen LogP contribution < -0.4 is 5.43 Å². The summed E-state index contributed by atoms with van der Waals surface area (Å²) in [5.74, 6) is 0.230. The van der Waals surface area contributed by atoms with Crippen LogP contribution in [-0.4, -0.2) is 16.3 Å². The number of aromatic nitrogens is 1. The summed E-state index contributed by atoms with van der Waals surface area (Å²) in [6.45, 7) is 4.01. The Morgan fingerprint density at radius 3 is 3.00 bits per heavy atom. The Kier molecular flexibility index (Phi) is 3.94. The third-order valence-corrected chi connectivity index (χ3v) is 3.35. The smallest absolute Gasteiger partial charge is 0.203 e. The van der Waals surface area contributed by atoms with Gasteiger partial charge in [-0.15, -0.1) is 11.3 Å². The first-order valence-corrected chi connectivity index (χ1v) is 6.60. The van der Waals surface area contributed by atoms with E-state index in [1.54, 1.807) is 12.3 Å². The van der Waals surface area contributed by atoms with Crippen LogP contribution in [0.15, 0.2) is 28.7 Å². The maximum Gasteiger partial charge on any atom is 0.203 e. The Hall–Kier alpha value is -1.88. The minimum Gasteiger partial charge on any atom is -0.507 e. The van der Waals surface area contributed by atoms with Gasteiger partial charge in [-0.2, -0.15) is 5.10 Å². The monoisotopic (exact) mass is 261 g/mol. The summed E-state index contributed by atoms with van der Waals surface area (Å²) in [7, 11) is 0. The number of hydrazone groups is 1. The molecule has 0 saturated heterocycles. The number of thiazole rings is 1. The van der Waals surface area contributed by atoms with Crippen LogP contribution in [-0.2, 0) is 6.42 Å². The molecule has 0 saturated carbocycles. The predicted octanol–water partition coefficient (Wildman–Crippen LogP) is 3.17. The number of benzene rings is 1. The van der Waals surface area contributed by atoms with Gasteiger partial charge in [0.2, 0.25) is 5.13 Å². The fourth-order valence-electron chi connectivity index (χ4n) is 1.49. The van der Waals surface area contributed by atoms with Crippen molar-refractivity contribution in [1.82, 2.24) is 4.98 Å². The van der Waals surface area contributed by atoms with E-state index in [0.717, 1.165) is 17.2 Å². The zero-order chi connectivity index (χ0) is 13.0. The Bertz CT molecular complexity index is 563. The fourth-order valence-corrected chi connectivity index (χ4v) is 2.13. The van der Waals surface area contributed by atoms with Gasteiger partial charge in [-0.05, 0) is 31.0 Å². The second-order valence-electron chi connectivity index (χ2n) is 3.91. The standard InChI is InChI=1S/C13H15N3OS/c1-3-10-4-5-12(17)11(6-10)7-14-16-13-15-9(2)8-18-13/h4-8,17H,3H2,1-2H3,(H,15,16). The quantitative estimate of drug-likeness (QED) is 0.656. The van der Waals surface area contributed by atoms with E-state index in [9.17, 15) is 5.11 Å².